The molecule has 8 heteroatoms. The van der Waals surface area contributed by atoms with Crippen molar-refractivity contribution in [3.63, 3.8) is 0 Å². The molecular weight excluding hydrogens is 624 g/mol. The average molecular weight is 677 g/mol. The number of para-hydroxylation sites is 2. The molecule has 2 atom stereocenters. The standard InChI is InChI=1S/2C21H26N2O2/c2*1-3-22-20(24)21(2)12-13-23(16-21)15-17-8-7-11-19(14-17)25-18-9-5-4-6-10-18/h2*4-11,14H,3,12-13,15-16H2,1-2H3,(H,22,24)/t2*21-/m10/s1. The first-order valence-corrected chi connectivity index (χ1v) is 17.8. The number of nitrogens with one attached hydrogen (secondary N) is 2. The van der Waals surface area contributed by atoms with Crippen LogP contribution in [0.15, 0.2) is 109 Å². The number of benzene rings is 4. The van der Waals surface area contributed by atoms with Crippen LogP contribution in [-0.2, 0) is 22.7 Å². The van der Waals surface area contributed by atoms with Crippen LogP contribution in [0.25, 0.3) is 0 Å². The molecule has 2 aliphatic rings. The van der Waals surface area contributed by atoms with Crippen molar-refractivity contribution in [1.82, 2.24) is 20.4 Å². The number of rotatable bonds is 12. The Morgan fingerprint density at radius 3 is 1.34 bits per heavy atom. The second-order valence-electron chi connectivity index (χ2n) is 13.9. The zero-order valence-electron chi connectivity index (χ0n) is 30.0. The van der Waals surface area contributed by atoms with Crippen molar-refractivity contribution in [1.29, 1.82) is 0 Å². The molecule has 0 spiro atoms. The molecule has 8 nitrogen and oxygen atoms in total. The first kappa shape index (κ1) is 36.6. The molecule has 2 fully saturated rings. The van der Waals surface area contributed by atoms with Gasteiger partial charge in [0.2, 0.25) is 11.8 Å². The van der Waals surface area contributed by atoms with Gasteiger partial charge in [-0.05, 0) is 113 Å². The Bertz CT molecular complexity index is 1560. The van der Waals surface area contributed by atoms with Crippen LogP contribution in [0.3, 0.4) is 0 Å². The van der Waals surface area contributed by atoms with Gasteiger partial charge in [-0.1, -0.05) is 60.7 Å². The lowest BCUT2D eigenvalue weighted by Crippen LogP contribution is -2.40. The first-order valence-electron chi connectivity index (χ1n) is 17.8. The van der Waals surface area contributed by atoms with E-state index in [1.165, 1.54) is 11.1 Å². The van der Waals surface area contributed by atoms with Crippen LogP contribution in [0.1, 0.15) is 51.7 Å². The molecule has 0 aromatic heterocycles. The largest absolute Gasteiger partial charge is 0.457 e. The van der Waals surface area contributed by atoms with Gasteiger partial charge in [-0.3, -0.25) is 19.4 Å². The van der Waals surface area contributed by atoms with E-state index in [0.717, 1.165) is 75.1 Å². The smallest absolute Gasteiger partial charge is 0.227 e. The van der Waals surface area contributed by atoms with Gasteiger partial charge in [-0.2, -0.15) is 0 Å². The first-order chi connectivity index (χ1) is 24.2. The number of ether oxygens (including phenoxy) is 2. The van der Waals surface area contributed by atoms with Crippen molar-refractivity contribution < 1.29 is 19.1 Å². The van der Waals surface area contributed by atoms with Crippen molar-refractivity contribution in [3.8, 4) is 23.0 Å². The highest BCUT2D eigenvalue weighted by Gasteiger charge is 2.40. The quantitative estimate of drug-likeness (QED) is 0.160. The van der Waals surface area contributed by atoms with Crippen molar-refractivity contribution in [2.45, 2.75) is 53.6 Å². The summed E-state index contributed by atoms with van der Waals surface area (Å²) in [5.74, 6) is 3.69. The SMILES string of the molecule is CCNC(=O)[C@@]1(C)CCN(Cc2cccc(Oc3ccccc3)c2)C1.CCNC(=O)[C@]1(C)CCN(Cc2cccc(Oc3ccccc3)c2)C1. The Balaban J connectivity index is 0.000000194. The van der Waals surface area contributed by atoms with Crippen molar-refractivity contribution >= 4 is 11.8 Å². The van der Waals surface area contributed by atoms with Crippen LogP contribution in [0.4, 0.5) is 0 Å². The number of likely N-dealkylation sites (tertiary alicyclic amines) is 2. The van der Waals surface area contributed by atoms with Gasteiger partial charge < -0.3 is 20.1 Å². The number of carbonyl (C=O) groups excluding carboxylic acids is 2. The van der Waals surface area contributed by atoms with Crippen molar-refractivity contribution in [3.05, 3.63) is 120 Å². The van der Waals surface area contributed by atoms with E-state index in [4.69, 9.17) is 9.47 Å². The van der Waals surface area contributed by atoms with Gasteiger partial charge in [0.05, 0.1) is 10.8 Å². The second kappa shape index (κ2) is 17.3. The Morgan fingerprint density at radius 1 is 0.580 bits per heavy atom. The lowest BCUT2D eigenvalue weighted by Gasteiger charge is -2.23. The second-order valence-corrected chi connectivity index (χ2v) is 13.9. The molecule has 2 amide bonds. The Kier molecular flexibility index (Phi) is 12.7. The number of hydrogen-bond acceptors (Lipinski definition) is 6. The molecule has 0 saturated carbocycles. The predicted octanol–water partition coefficient (Wildman–Crippen LogP) is 7.65. The highest BCUT2D eigenvalue weighted by molar-refractivity contribution is 5.83. The van der Waals surface area contributed by atoms with Crippen LogP contribution in [-0.4, -0.2) is 60.9 Å². The zero-order chi connectivity index (χ0) is 35.4. The third kappa shape index (κ3) is 10.2. The summed E-state index contributed by atoms with van der Waals surface area (Å²) in [4.78, 5) is 29.2. The Morgan fingerprint density at radius 2 is 0.960 bits per heavy atom. The van der Waals surface area contributed by atoms with E-state index in [-0.39, 0.29) is 22.6 Å². The van der Waals surface area contributed by atoms with Crippen LogP contribution in [0.5, 0.6) is 23.0 Å². The fourth-order valence-corrected chi connectivity index (χ4v) is 6.68. The molecule has 4 aromatic carbocycles. The summed E-state index contributed by atoms with van der Waals surface area (Å²) < 4.78 is 11.8. The zero-order valence-corrected chi connectivity index (χ0v) is 30.0. The van der Waals surface area contributed by atoms with E-state index >= 15 is 0 Å². The summed E-state index contributed by atoms with van der Waals surface area (Å²) in [6.45, 7) is 14.6. The van der Waals surface area contributed by atoms with Gasteiger partial charge in [-0.15, -0.1) is 0 Å². The van der Waals surface area contributed by atoms with E-state index in [2.05, 4.69) is 58.5 Å². The Labute approximate surface area is 297 Å². The third-order valence-corrected chi connectivity index (χ3v) is 9.44. The average Bonchev–Trinajstić information content (AvgIpc) is 3.69. The topological polar surface area (TPSA) is 83.1 Å². The summed E-state index contributed by atoms with van der Waals surface area (Å²) in [7, 11) is 0. The molecule has 2 aliphatic heterocycles. The van der Waals surface area contributed by atoms with Crippen molar-refractivity contribution in [2.24, 2.45) is 10.8 Å². The van der Waals surface area contributed by atoms with Gasteiger partial charge in [0.25, 0.3) is 0 Å². The van der Waals surface area contributed by atoms with Crippen LogP contribution < -0.4 is 20.1 Å². The summed E-state index contributed by atoms with van der Waals surface area (Å²) in [6.07, 6.45) is 1.80. The van der Waals surface area contributed by atoms with Crippen LogP contribution in [0.2, 0.25) is 0 Å². The maximum Gasteiger partial charge on any atom is 0.227 e. The molecule has 0 radical (unpaired) electrons. The highest BCUT2D eigenvalue weighted by atomic mass is 16.5. The minimum atomic E-state index is -0.284. The van der Waals surface area contributed by atoms with Gasteiger partial charge in [0.15, 0.2) is 0 Å². The lowest BCUT2D eigenvalue weighted by molar-refractivity contribution is -0.130. The van der Waals surface area contributed by atoms with Gasteiger partial charge in [0, 0.05) is 39.3 Å². The number of amides is 2. The van der Waals surface area contributed by atoms with Gasteiger partial charge in [-0.25, -0.2) is 0 Å². The normalized spacial score (nSPS) is 20.4. The molecule has 6 rings (SSSR count). The molecule has 2 saturated heterocycles. The van der Waals surface area contributed by atoms with Gasteiger partial charge >= 0.3 is 0 Å². The number of hydrogen-bond donors (Lipinski definition) is 2. The summed E-state index contributed by atoms with van der Waals surface area (Å²) in [5.41, 5.74) is 1.84. The van der Waals surface area contributed by atoms with E-state index in [1.54, 1.807) is 0 Å². The molecule has 0 bridgehead atoms. The van der Waals surface area contributed by atoms with Gasteiger partial charge in [0.1, 0.15) is 23.0 Å². The number of carbonyl (C=O) groups is 2. The highest BCUT2D eigenvalue weighted by Crippen LogP contribution is 2.33. The fourth-order valence-electron chi connectivity index (χ4n) is 6.68. The Hall–Kier alpha value is -4.66. The molecule has 0 aliphatic carbocycles. The molecule has 264 valence electrons. The van der Waals surface area contributed by atoms with Crippen LogP contribution >= 0.6 is 0 Å². The van der Waals surface area contributed by atoms with E-state index in [9.17, 15) is 9.59 Å². The monoisotopic (exact) mass is 676 g/mol. The fraction of sp³-hybridized carbons (Fsp3) is 0.381. The summed E-state index contributed by atoms with van der Waals surface area (Å²) in [5, 5.41) is 5.93. The molecule has 2 heterocycles. The van der Waals surface area contributed by atoms with E-state index < -0.39 is 0 Å². The van der Waals surface area contributed by atoms with E-state index in [0.29, 0.717) is 13.1 Å². The van der Waals surface area contributed by atoms with E-state index in [1.807, 2.05) is 98.8 Å². The predicted molar refractivity (Wildman–Crippen MR) is 199 cm³/mol. The minimum absolute atomic E-state index is 0.165. The molecular formula is C42H52N4O4. The maximum absolute atomic E-state index is 12.3. The molecule has 2 N–H and O–H groups in total. The molecule has 4 aromatic rings. The maximum atomic E-state index is 12.3. The molecule has 50 heavy (non-hydrogen) atoms. The van der Waals surface area contributed by atoms with Crippen molar-refractivity contribution in [2.75, 3.05) is 39.3 Å². The third-order valence-electron chi connectivity index (χ3n) is 9.44. The summed E-state index contributed by atoms with van der Waals surface area (Å²) >= 11 is 0. The lowest BCUT2D eigenvalue weighted by atomic mass is 9.89. The summed E-state index contributed by atoms with van der Waals surface area (Å²) in [6, 6.07) is 36.0. The minimum Gasteiger partial charge on any atom is -0.457 e. The number of nitrogens with zero attached hydrogens (tertiary/aromatic N) is 2. The molecule has 0 unspecified atom stereocenters. The van der Waals surface area contributed by atoms with Crippen LogP contribution in [0, 0.1) is 10.8 Å².